The first-order valence-electron chi connectivity index (χ1n) is 11.2. The molecule has 4 rings (SSSR count). The maximum atomic E-state index is 13.6. The molecular weight excluding hydrogens is 448 g/mol. The van der Waals surface area contributed by atoms with Gasteiger partial charge in [-0.1, -0.05) is 30.3 Å². The third-order valence-electron chi connectivity index (χ3n) is 5.77. The second-order valence-electron chi connectivity index (χ2n) is 8.39. The number of nitrogens with zero attached hydrogens (tertiary/aromatic N) is 2. The lowest BCUT2D eigenvalue weighted by Crippen LogP contribution is -2.43. The summed E-state index contributed by atoms with van der Waals surface area (Å²) in [5.74, 6) is -0.687. The van der Waals surface area contributed by atoms with Gasteiger partial charge in [0.25, 0.3) is 5.91 Å². The van der Waals surface area contributed by atoms with E-state index in [1.165, 1.54) is 24.3 Å². The molecule has 0 aromatic heterocycles. The number of carbonyl (C=O) groups excluding carboxylic acids is 1. The number of rotatable bonds is 8. The molecule has 1 heterocycles. The predicted octanol–water partition coefficient (Wildman–Crippen LogP) is 4.32. The van der Waals surface area contributed by atoms with Crippen LogP contribution in [0.25, 0.3) is 0 Å². The van der Waals surface area contributed by atoms with Crippen LogP contribution in [0.5, 0.6) is 5.75 Å². The number of anilines is 2. The van der Waals surface area contributed by atoms with Crippen LogP contribution in [0.1, 0.15) is 31.8 Å². The molecule has 0 radical (unpaired) electrons. The topological polar surface area (TPSA) is 88.5 Å². The molecule has 0 aliphatic carbocycles. The van der Waals surface area contributed by atoms with Crippen molar-refractivity contribution in [3.63, 3.8) is 0 Å². The van der Waals surface area contributed by atoms with Crippen LogP contribution in [0.2, 0.25) is 0 Å². The van der Waals surface area contributed by atoms with Crippen molar-refractivity contribution in [1.82, 2.24) is 0 Å². The van der Waals surface area contributed by atoms with Gasteiger partial charge in [0.05, 0.1) is 30.1 Å². The number of fused-ring (bicyclic) bond motifs is 1. The van der Waals surface area contributed by atoms with Crippen molar-refractivity contribution in [3.05, 3.63) is 89.0 Å². The van der Waals surface area contributed by atoms with Crippen LogP contribution >= 0.6 is 0 Å². The number of amides is 1. The minimum atomic E-state index is -1.06. The highest BCUT2D eigenvalue weighted by molar-refractivity contribution is 6.05. The number of carboxylic acids is 1. The Kier molecular flexibility index (Phi) is 7.33. The van der Waals surface area contributed by atoms with E-state index < -0.39 is 5.97 Å². The van der Waals surface area contributed by atoms with Crippen LogP contribution in [-0.2, 0) is 16.2 Å². The third kappa shape index (κ3) is 5.29. The highest BCUT2D eigenvalue weighted by atomic mass is 16.7. The van der Waals surface area contributed by atoms with Crippen molar-refractivity contribution in [2.75, 3.05) is 37.3 Å². The molecule has 0 unspecified atom stereocenters. The van der Waals surface area contributed by atoms with Gasteiger partial charge in [-0.15, -0.1) is 0 Å². The summed E-state index contributed by atoms with van der Waals surface area (Å²) >= 11 is 0. The number of benzene rings is 3. The van der Waals surface area contributed by atoms with E-state index in [0.29, 0.717) is 28.9 Å². The molecule has 1 amide bonds. The molecule has 3 aromatic rings. The number of carboxylic acid groups (broad SMARTS) is 1. The second-order valence-corrected chi connectivity index (χ2v) is 8.39. The number of ether oxygens (including phenoxy) is 2. The maximum Gasteiger partial charge on any atom is 0.335 e. The zero-order valence-electron chi connectivity index (χ0n) is 19.9. The van der Waals surface area contributed by atoms with Gasteiger partial charge in [0.15, 0.2) is 0 Å². The van der Waals surface area contributed by atoms with E-state index in [1.807, 2.05) is 37.4 Å². The molecular formula is C27H28N2O6. The zero-order valence-corrected chi connectivity index (χ0v) is 19.9. The van der Waals surface area contributed by atoms with Crippen molar-refractivity contribution in [2.45, 2.75) is 19.6 Å². The van der Waals surface area contributed by atoms with Crippen LogP contribution < -0.4 is 14.7 Å². The van der Waals surface area contributed by atoms with Gasteiger partial charge in [-0.25, -0.2) is 4.79 Å². The van der Waals surface area contributed by atoms with Crippen molar-refractivity contribution in [2.24, 2.45) is 0 Å². The fourth-order valence-corrected chi connectivity index (χ4v) is 4.19. The van der Waals surface area contributed by atoms with Gasteiger partial charge in [-0.05, 0) is 48.9 Å². The molecule has 1 aliphatic rings. The van der Waals surface area contributed by atoms with E-state index >= 15 is 0 Å². The Hall–Kier alpha value is -3.88. The van der Waals surface area contributed by atoms with Crippen molar-refractivity contribution >= 4 is 23.3 Å². The normalized spacial score (nSPS) is 14.7. The van der Waals surface area contributed by atoms with Gasteiger partial charge in [-0.2, -0.15) is 5.06 Å². The molecule has 8 nitrogen and oxygen atoms in total. The largest absolute Gasteiger partial charge is 0.484 e. The lowest BCUT2D eigenvalue weighted by Gasteiger charge is -2.35. The molecule has 35 heavy (non-hydrogen) atoms. The fraction of sp³-hybridized carbons (Fsp3) is 0.259. The summed E-state index contributed by atoms with van der Waals surface area (Å²) < 4.78 is 11.4. The van der Waals surface area contributed by atoms with E-state index in [1.54, 1.807) is 31.2 Å². The molecule has 3 aromatic carbocycles. The lowest BCUT2D eigenvalue weighted by molar-refractivity contribution is 0.0298. The highest BCUT2D eigenvalue weighted by Crippen LogP contribution is 2.33. The quantitative estimate of drug-likeness (QED) is 0.485. The molecule has 1 aliphatic heterocycles. The number of hydrogen-bond acceptors (Lipinski definition) is 6. The molecule has 0 saturated carbocycles. The van der Waals surface area contributed by atoms with Gasteiger partial charge >= 0.3 is 5.97 Å². The Morgan fingerprint density at radius 3 is 2.51 bits per heavy atom. The Labute approximate surface area is 204 Å². The Morgan fingerprint density at radius 2 is 1.80 bits per heavy atom. The number of carbonyl (C=O) groups is 2. The first-order valence-corrected chi connectivity index (χ1v) is 11.2. The van der Waals surface area contributed by atoms with Crippen LogP contribution in [0, 0.1) is 6.92 Å². The van der Waals surface area contributed by atoms with Crippen molar-refractivity contribution in [1.29, 1.82) is 0 Å². The lowest BCUT2D eigenvalue weighted by atomic mass is 10.0. The first-order chi connectivity index (χ1) is 16.9. The summed E-state index contributed by atoms with van der Waals surface area (Å²) in [5, 5.41) is 10.8. The molecule has 0 fully saturated rings. The fourth-order valence-electron chi connectivity index (χ4n) is 4.19. The van der Waals surface area contributed by atoms with Gasteiger partial charge in [0.2, 0.25) is 0 Å². The van der Waals surface area contributed by atoms with Crippen molar-refractivity contribution in [3.8, 4) is 5.75 Å². The Bertz CT molecular complexity index is 1210. The third-order valence-corrected chi connectivity index (χ3v) is 5.77. The Morgan fingerprint density at radius 1 is 1.09 bits per heavy atom. The average Bonchev–Trinajstić information content (AvgIpc) is 2.85. The number of hydrogen-bond donors (Lipinski definition) is 1. The van der Waals surface area contributed by atoms with Gasteiger partial charge in [-0.3, -0.25) is 9.63 Å². The second kappa shape index (κ2) is 10.6. The summed E-state index contributed by atoms with van der Waals surface area (Å²) in [5.41, 5.74) is 3.09. The minimum Gasteiger partial charge on any atom is -0.484 e. The maximum absolute atomic E-state index is 13.6. The number of likely N-dealkylation sites (N-methyl/N-ethyl adjacent to an activating group) is 1. The monoisotopic (exact) mass is 476 g/mol. The van der Waals surface area contributed by atoms with Crippen LogP contribution in [0.4, 0.5) is 11.4 Å². The number of para-hydroxylation sites is 2. The van der Waals surface area contributed by atoms with E-state index in [4.69, 9.17) is 14.3 Å². The highest BCUT2D eigenvalue weighted by Gasteiger charge is 2.29. The van der Waals surface area contributed by atoms with E-state index in [9.17, 15) is 14.7 Å². The van der Waals surface area contributed by atoms with Crippen molar-refractivity contribution < 1.29 is 29.0 Å². The van der Waals surface area contributed by atoms with E-state index in [2.05, 4.69) is 4.90 Å². The van der Waals surface area contributed by atoms with Crippen LogP contribution in [-0.4, -0.2) is 50.4 Å². The average molecular weight is 477 g/mol. The number of methoxy groups -OCH3 is 1. The molecule has 0 spiro atoms. The zero-order chi connectivity index (χ0) is 24.9. The smallest absolute Gasteiger partial charge is 0.335 e. The molecule has 182 valence electrons. The van der Waals surface area contributed by atoms with E-state index in [-0.39, 0.29) is 30.8 Å². The summed E-state index contributed by atoms with van der Waals surface area (Å²) in [6, 6.07) is 19.6. The van der Waals surface area contributed by atoms with Gasteiger partial charge in [0, 0.05) is 25.3 Å². The van der Waals surface area contributed by atoms with Crippen LogP contribution in [0.3, 0.4) is 0 Å². The minimum absolute atomic E-state index is 0.101. The molecule has 1 N–H and O–H groups in total. The first kappa shape index (κ1) is 24.3. The predicted molar refractivity (Wildman–Crippen MR) is 132 cm³/mol. The van der Waals surface area contributed by atoms with Gasteiger partial charge in [0.1, 0.15) is 18.5 Å². The summed E-state index contributed by atoms with van der Waals surface area (Å²) in [6.45, 7) is 2.53. The SMILES string of the molecule is COCc1cc(C(=O)O)cc(C)c1N(OC[C@@H]1CN(C)c2ccccc2O1)C(=O)c1ccccc1. The summed E-state index contributed by atoms with van der Waals surface area (Å²) in [6.07, 6.45) is -0.328. The number of aryl methyl sites for hydroxylation is 1. The summed E-state index contributed by atoms with van der Waals surface area (Å²) in [7, 11) is 3.49. The molecule has 8 heteroatoms. The molecule has 0 saturated heterocycles. The molecule has 0 bridgehead atoms. The number of hydroxylamine groups is 1. The van der Waals surface area contributed by atoms with Gasteiger partial charge < -0.3 is 19.5 Å². The molecule has 1 atom stereocenters. The summed E-state index contributed by atoms with van der Waals surface area (Å²) in [4.78, 5) is 33.5. The van der Waals surface area contributed by atoms with E-state index in [0.717, 1.165) is 11.4 Å². The standard InChI is InChI=1S/C27H28N2O6/c1-18-13-20(27(31)32)14-21(16-33-3)25(18)29(26(30)19-9-5-4-6-10-19)34-17-22-15-28(2)23-11-7-8-12-24(23)35-22/h4-14,22H,15-17H2,1-3H3,(H,31,32)/t22-/m0/s1. The Balaban J connectivity index is 1.68. The number of aromatic carboxylic acids is 1. The van der Waals surface area contributed by atoms with Crippen LogP contribution in [0.15, 0.2) is 66.7 Å².